The Hall–Kier alpha value is -0.370. The first kappa shape index (κ1) is 9.72. The third kappa shape index (κ3) is 3.86. The SMILES string of the molecule is CC(=O)CCCC1CCCCN1. The Kier molecular flexibility index (Phi) is 4.30. The first-order valence-corrected chi connectivity index (χ1v) is 5.02. The normalized spacial score (nSPS) is 23.9. The lowest BCUT2D eigenvalue weighted by molar-refractivity contribution is -0.117. The highest BCUT2D eigenvalue weighted by atomic mass is 16.1. The summed E-state index contributed by atoms with van der Waals surface area (Å²) in [5.74, 6) is 0.325. The van der Waals surface area contributed by atoms with Crippen molar-refractivity contribution in [1.82, 2.24) is 5.32 Å². The van der Waals surface area contributed by atoms with Crippen LogP contribution in [0.15, 0.2) is 0 Å². The molecule has 1 unspecified atom stereocenters. The first-order chi connectivity index (χ1) is 5.79. The fourth-order valence-electron chi connectivity index (χ4n) is 1.77. The number of hydrogen-bond donors (Lipinski definition) is 1. The predicted molar refractivity (Wildman–Crippen MR) is 50.2 cm³/mol. The molecule has 0 aromatic carbocycles. The lowest BCUT2D eigenvalue weighted by atomic mass is 9.99. The monoisotopic (exact) mass is 169 g/mol. The first-order valence-electron chi connectivity index (χ1n) is 5.02. The fraction of sp³-hybridized carbons (Fsp3) is 0.900. The maximum Gasteiger partial charge on any atom is 0.129 e. The molecule has 1 atom stereocenters. The van der Waals surface area contributed by atoms with E-state index in [0.717, 1.165) is 12.8 Å². The standard InChI is InChI=1S/C10H19NO/c1-9(12)5-4-7-10-6-2-3-8-11-10/h10-11H,2-8H2,1H3. The minimum Gasteiger partial charge on any atom is -0.314 e. The number of rotatable bonds is 4. The molecule has 0 bridgehead atoms. The topological polar surface area (TPSA) is 29.1 Å². The Morgan fingerprint density at radius 2 is 2.33 bits per heavy atom. The number of Topliss-reactive ketones (excluding diaryl/α,β-unsaturated/α-hetero) is 1. The number of piperidine rings is 1. The van der Waals surface area contributed by atoms with Crippen LogP contribution in [0, 0.1) is 0 Å². The highest BCUT2D eigenvalue weighted by molar-refractivity contribution is 5.75. The van der Waals surface area contributed by atoms with E-state index in [4.69, 9.17) is 0 Å². The zero-order valence-electron chi connectivity index (χ0n) is 7.94. The molecule has 0 aliphatic carbocycles. The maximum absolute atomic E-state index is 10.7. The maximum atomic E-state index is 10.7. The molecule has 0 saturated carbocycles. The number of carbonyl (C=O) groups is 1. The summed E-state index contributed by atoms with van der Waals surface area (Å²) in [5, 5.41) is 3.48. The van der Waals surface area contributed by atoms with Crippen molar-refractivity contribution in [3.8, 4) is 0 Å². The number of hydrogen-bond acceptors (Lipinski definition) is 2. The Morgan fingerprint density at radius 3 is 2.92 bits per heavy atom. The molecule has 0 amide bonds. The van der Waals surface area contributed by atoms with Gasteiger partial charge in [-0.3, -0.25) is 0 Å². The fourth-order valence-corrected chi connectivity index (χ4v) is 1.77. The highest BCUT2D eigenvalue weighted by Crippen LogP contribution is 2.12. The van der Waals surface area contributed by atoms with Gasteiger partial charge in [-0.2, -0.15) is 0 Å². The van der Waals surface area contributed by atoms with Crippen LogP contribution in [0.4, 0.5) is 0 Å². The number of carbonyl (C=O) groups excluding carboxylic acids is 1. The molecule has 1 fully saturated rings. The molecule has 0 spiro atoms. The van der Waals surface area contributed by atoms with Crippen LogP contribution in [0.2, 0.25) is 0 Å². The van der Waals surface area contributed by atoms with Crippen molar-refractivity contribution in [1.29, 1.82) is 0 Å². The van der Waals surface area contributed by atoms with Crippen LogP contribution in [0.3, 0.4) is 0 Å². The van der Waals surface area contributed by atoms with E-state index in [1.807, 2.05) is 0 Å². The largest absolute Gasteiger partial charge is 0.314 e. The number of ketones is 1. The Labute approximate surface area is 74.7 Å². The summed E-state index contributed by atoms with van der Waals surface area (Å²) >= 11 is 0. The van der Waals surface area contributed by atoms with Crippen molar-refractivity contribution in [2.24, 2.45) is 0 Å². The van der Waals surface area contributed by atoms with Gasteiger partial charge >= 0.3 is 0 Å². The van der Waals surface area contributed by atoms with Gasteiger partial charge in [-0.05, 0) is 39.2 Å². The molecule has 1 heterocycles. The van der Waals surface area contributed by atoms with Gasteiger partial charge in [-0.25, -0.2) is 0 Å². The quantitative estimate of drug-likeness (QED) is 0.696. The van der Waals surface area contributed by atoms with Crippen LogP contribution in [-0.2, 0) is 4.79 Å². The van der Waals surface area contributed by atoms with Gasteiger partial charge in [0.2, 0.25) is 0 Å². The van der Waals surface area contributed by atoms with Crippen molar-refractivity contribution in [3.63, 3.8) is 0 Å². The van der Waals surface area contributed by atoms with Gasteiger partial charge < -0.3 is 10.1 Å². The molecule has 2 heteroatoms. The van der Waals surface area contributed by atoms with E-state index in [2.05, 4.69) is 5.32 Å². The molecule has 1 aliphatic rings. The second kappa shape index (κ2) is 5.31. The van der Waals surface area contributed by atoms with E-state index in [1.54, 1.807) is 6.92 Å². The summed E-state index contributed by atoms with van der Waals surface area (Å²) < 4.78 is 0. The molecule has 1 N–H and O–H groups in total. The predicted octanol–water partition coefficient (Wildman–Crippen LogP) is 1.89. The van der Waals surface area contributed by atoms with Crippen LogP contribution < -0.4 is 5.32 Å². The minimum absolute atomic E-state index is 0.325. The van der Waals surface area contributed by atoms with Crippen LogP contribution in [-0.4, -0.2) is 18.4 Å². The van der Waals surface area contributed by atoms with E-state index < -0.39 is 0 Å². The summed E-state index contributed by atoms with van der Waals surface area (Å²) in [7, 11) is 0. The van der Waals surface area contributed by atoms with E-state index in [9.17, 15) is 4.79 Å². The molecule has 0 aromatic rings. The van der Waals surface area contributed by atoms with E-state index in [1.165, 1.54) is 32.2 Å². The van der Waals surface area contributed by atoms with Crippen LogP contribution in [0.5, 0.6) is 0 Å². The summed E-state index contributed by atoms with van der Waals surface area (Å²) in [6.07, 6.45) is 6.99. The Morgan fingerprint density at radius 1 is 1.50 bits per heavy atom. The van der Waals surface area contributed by atoms with Gasteiger partial charge in [0.05, 0.1) is 0 Å². The summed E-state index contributed by atoms with van der Waals surface area (Å²) in [6.45, 7) is 2.85. The molecule has 12 heavy (non-hydrogen) atoms. The van der Waals surface area contributed by atoms with E-state index in [0.29, 0.717) is 11.8 Å². The van der Waals surface area contributed by atoms with Gasteiger partial charge in [-0.15, -0.1) is 0 Å². The van der Waals surface area contributed by atoms with Gasteiger partial charge in [-0.1, -0.05) is 6.42 Å². The molecule has 1 rings (SSSR count). The molecule has 2 nitrogen and oxygen atoms in total. The summed E-state index contributed by atoms with van der Waals surface area (Å²) in [5.41, 5.74) is 0. The van der Waals surface area contributed by atoms with Crippen molar-refractivity contribution < 1.29 is 4.79 Å². The molecular weight excluding hydrogens is 150 g/mol. The third-order valence-corrected chi connectivity index (χ3v) is 2.49. The Bertz CT molecular complexity index is 139. The Balaban J connectivity index is 2.01. The number of nitrogens with one attached hydrogen (secondary N) is 1. The molecule has 0 aromatic heterocycles. The smallest absolute Gasteiger partial charge is 0.129 e. The molecule has 0 radical (unpaired) electrons. The lowest BCUT2D eigenvalue weighted by Gasteiger charge is -2.22. The summed E-state index contributed by atoms with van der Waals surface area (Å²) in [6, 6.07) is 0.693. The highest BCUT2D eigenvalue weighted by Gasteiger charge is 2.11. The van der Waals surface area contributed by atoms with E-state index >= 15 is 0 Å². The van der Waals surface area contributed by atoms with E-state index in [-0.39, 0.29) is 0 Å². The van der Waals surface area contributed by atoms with Crippen molar-refractivity contribution in [2.45, 2.75) is 51.5 Å². The average Bonchev–Trinajstić information content (AvgIpc) is 2.05. The third-order valence-electron chi connectivity index (χ3n) is 2.49. The van der Waals surface area contributed by atoms with Crippen LogP contribution in [0.25, 0.3) is 0 Å². The summed E-state index contributed by atoms with van der Waals surface area (Å²) in [4.78, 5) is 10.7. The molecule has 1 aliphatic heterocycles. The molecule has 1 saturated heterocycles. The van der Waals surface area contributed by atoms with Crippen LogP contribution >= 0.6 is 0 Å². The van der Waals surface area contributed by atoms with Gasteiger partial charge in [0.1, 0.15) is 5.78 Å². The van der Waals surface area contributed by atoms with Crippen molar-refractivity contribution in [2.75, 3.05) is 6.54 Å². The second-order valence-electron chi connectivity index (χ2n) is 3.74. The minimum atomic E-state index is 0.325. The second-order valence-corrected chi connectivity index (χ2v) is 3.74. The molecule has 70 valence electrons. The van der Waals surface area contributed by atoms with Gasteiger partial charge in [0, 0.05) is 12.5 Å². The average molecular weight is 169 g/mol. The van der Waals surface area contributed by atoms with Gasteiger partial charge in [0.25, 0.3) is 0 Å². The van der Waals surface area contributed by atoms with Gasteiger partial charge in [0.15, 0.2) is 0 Å². The van der Waals surface area contributed by atoms with Crippen molar-refractivity contribution in [3.05, 3.63) is 0 Å². The van der Waals surface area contributed by atoms with Crippen LogP contribution in [0.1, 0.15) is 45.4 Å². The zero-order chi connectivity index (χ0) is 8.81. The molecular formula is C10H19NO. The van der Waals surface area contributed by atoms with Crippen molar-refractivity contribution >= 4 is 5.78 Å². The lowest BCUT2D eigenvalue weighted by Crippen LogP contribution is -2.33. The zero-order valence-corrected chi connectivity index (χ0v) is 7.94.